The first-order valence-electron chi connectivity index (χ1n) is 2.66. The lowest BCUT2D eigenvalue weighted by atomic mass is 10.8. The molecule has 2 N–H and O–H groups in total. The minimum Gasteiger partial charge on any atom is -0.395 e. The van der Waals surface area contributed by atoms with E-state index in [-0.39, 0.29) is 6.61 Å². The Bertz CT molecular complexity index is 73.6. The van der Waals surface area contributed by atoms with Crippen LogP contribution < -0.4 is 5.09 Å². The molecule has 0 aliphatic carbocycles. The highest BCUT2D eigenvalue weighted by Gasteiger charge is 2.03. The van der Waals surface area contributed by atoms with Gasteiger partial charge in [-0.2, -0.15) is 0 Å². The van der Waals surface area contributed by atoms with Gasteiger partial charge in [-0.05, 0) is 14.1 Å². The van der Waals surface area contributed by atoms with Crippen molar-refractivity contribution < 1.29 is 5.11 Å². The van der Waals surface area contributed by atoms with Gasteiger partial charge in [-0.3, -0.25) is 9.76 Å². The molecule has 0 aliphatic rings. The van der Waals surface area contributed by atoms with E-state index in [4.69, 9.17) is 16.3 Å². The van der Waals surface area contributed by atoms with Crippen LogP contribution in [0.1, 0.15) is 0 Å². The molecule has 0 amide bonds. The molecule has 0 aromatic carbocycles. The van der Waals surface area contributed by atoms with E-state index >= 15 is 0 Å². The number of aliphatic hydroxyl groups is 1. The Balaban J connectivity index is 3.16. The fourth-order valence-electron chi connectivity index (χ4n) is 0.284. The van der Waals surface area contributed by atoms with Crippen molar-refractivity contribution in [3.63, 3.8) is 0 Å². The van der Waals surface area contributed by atoms with Crippen LogP contribution >= 0.6 is 18.8 Å². The number of nitrogens with zero attached hydrogens (tertiary/aromatic N) is 1. The molecule has 1 unspecified atom stereocenters. The SMILES string of the molecule is CN(C)P(Cl)NCCO. The van der Waals surface area contributed by atoms with Gasteiger partial charge in [-0.25, -0.2) is 0 Å². The van der Waals surface area contributed by atoms with Crippen LogP contribution in [0.3, 0.4) is 0 Å². The fourth-order valence-corrected chi connectivity index (χ4v) is 1.10. The molecule has 56 valence electrons. The first-order valence-corrected chi connectivity index (χ1v) is 4.86. The lowest BCUT2D eigenvalue weighted by Crippen LogP contribution is -2.17. The van der Waals surface area contributed by atoms with Crippen LogP contribution in [0.2, 0.25) is 0 Å². The lowest BCUT2D eigenvalue weighted by Gasteiger charge is -2.16. The van der Waals surface area contributed by atoms with E-state index in [9.17, 15) is 0 Å². The normalized spacial score (nSPS) is 14.3. The van der Waals surface area contributed by atoms with Gasteiger partial charge >= 0.3 is 0 Å². The minimum atomic E-state index is -0.750. The molecule has 0 aromatic heterocycles. The quantitative estimate of drug-likeness (QED) is 0.607. The second-order valence-corrected chi connectivity index (χ2v) is 4.34. The van der Waals surface area contributed by atoms with E-state index in [1.807, 2.05) is 18.8 Å². The number of hydrogen-bond donors (Lipinski definition) is 2. The summed E-state index contributed by atoms with van der Waals surface area (Å²) in [5, 5.41) is 11.3. The van der Waals surface area contributed by atoms with E-state index in [2.05, 4.69) is 5.09 Å². The Hall–Kier alpha value is 0.600. The minimum absolute atomic E-state index is 0.138. The highest BCUT2D eigenvalue weighted by molar-refractivity contribution is 7.80. The number of hydrogen-bond acceptors (Lipinski definition) is 3. The van der Waals surface area contributed by atoms with Crippen molar-refractivity contribution in [2.45, 2.75) is 0 Å². The van der Waals surface area contributed by atoms with E-state index in [1.54, 1.807) is 0 Å². The van der Waals surface area contributed by atoms with Gasteiger partial charge in [0.1, 0.15) is 7.58 Å². The van der Waals surface area contributed by atoms with Gasteiger partial charge in [0.25, 0.3) is 0 Å². The van der Waals surface area contributed by atoms with Crippen molar-refractivity contribution >= 4 is 18.8 Å². The summed E-state index contributed by atoms with van der Waals surface area (Å²) in [6, 6.07) is 0. The average molecular weight is 171 g/mol. The zero-order valence-electron chi connectivity index (χ0n) is 5.63. The highest BCUT2D eigenvalue weighted by Crippen LogP contribution is 2.37. The van der Waals surface area contributed by atoms with Crippen molar-refractivity contribution in [2.75, 3.05) is 27.2 Å². The molecule has 0 saturated heterocycles. The van der Waals surface area contributed by atoms with Gasteiger partial charge in [-0.1, -0.05) is 11.2 Å². The van der Waals surface area contributed by atoms with Crippen molar-refractivity contribution in [1.29, 1.82) is 0 Å². The number of aliphatic hydroxyl groups excluding tert-OH is 1. The molecule has 0 radical (unpaired) electrons. The van der Waals surface area contributed by atoms with E-state index < -0.39 is 7.58 Å². The molecule has 0 fully saturated rings. The van der Waals surface area contributed by atoms with E-state index in [1.165, 1.54) is 0 Å². The van der Waals surface area contributed by atoms with Crippen LogP contribution in [0, 0.1) is 0 Å². The van der Waals surface area contributed by atoms with E-state index in [0.29, 0.717) is 6.54 Å². The molecular weight excluding hydrogens is 158 g/mol. The molecule has 3 nitrogen and oxygen atoms in total. The fraction of sp³-hybridized carbons (Fsp3) is 1.00. The van der Waals surface area contributed by atoms with Crippen LogP contribution in [0.4, 0.5) is 0 Å². The number of nitrogens with one attached hydrogen (secondary N) is 1. The summed E-state index contributed by atoms with van der Waals surface area (Å²) >= 11 is 5.76. The molecular formula is C4H12ClN2OP. The van der Waals surface area contributed by atoms with Gasteiger partial charge in [0, 0.05) is 6.54 Å². The molecule has 0 aliphatic heterocycles. The van der Waals surface area contributed by atoms with Gasteiger partial charge in [-0.15, -0.1) is 0 Å². The third kappa shape index (κ3) is 5.07. The summed E-state index contributed by atoms with van der Waals surface area (Å²) in [7, 11) is 3.03. The summed E-state index contributed by atoms with van der Waals surface area (Å²) in [6.45, 7) is 0.701. The van der Waals surface area contributed by atoms with Crippen LogP contribution in [-0.2, 0) is 0 Å². The molecule has 0 heterocycles. The third-order valence-electron chi connectivity index (χ3n) is 0.705. The first-order chi connectivity index (χ1) is 4.18. The summed E-state index contributed by atoms with van der Waals surface area (Å²) in [6.07, 6.45) is 0. The molecule has 5 heteroatoms. The Labute approximate surface area is 61.6 Å². The average Bonchev–Trinajstić information content (AvgIpc) is 1.82. The summed E-state index contributed by atoms with van der Waals surface area (Å²) in [5.74, 6) is 0. The van der Waals surface area contributed by atoms with Crippen molar-refractivity contribution in [3.8, 4) is 0 Å². The first kappa shape index (κ1) is 9.60. The Morgan fingerprint density at radius 1 is 1.67 bits per heavy atom. The van der Waals surface area contributed by atoms with Crippen LogP contribution in [0.25, 0.3) is 0 Å². The van der Waals surface area contributed by atoms with Gasteiger partial charge < -0.3 is 5.11 Å². The topological polar surface area (TPSA) is 35.5 Å². The molecule has 0 bridgehead atoms. The van der Waals surface area contributed by atoms with Gasteiger partial charge in [0.15, 0.2) is 0 Å². The second kappa shape index (κ2) is 5.39. The zero-order valence-corrected chi connectivity index (χ0v) is 7.28. The molecule has 9 heavy (non-hydrogen) atoms. The molecule has 0 rings (SSSR count). The zero-order chi connectivity index (χ0) is 7.28. The lowest BCUT2D eigenvalue weighted by molar-refractivity contribution is 0.301. The summed E-state index contributed by atoms with van der Waals surface area (Å²) in [4.78, 5) is 0. The van der Waals surface area contributed by atoms with Gasteiger partial charge in [0.2, 0.25) is 0 Å². The Morgan fingerprint density at radius 3 is 2.56 bits per heavy atom. The van der Waals surface area contributed by atoms with Crippen molar-refractivity contribution in [1.82, 2.24) is 9.76 Å². The monoisotopic (exact) mass is 170 g/mol. The third-order valence-corrected chi connectivity index (χ3v) is 3.16. The van der Waals surface area contributed by atoms with Gasteiger partial charge in [0.05, 0.1) is 6.61 Å². The van der Waals surface area contributed by atoms with Crippen molar-refractivity contribution in [3.05, 3.63) is 0 Å². The number of rotatable bonds is 4. The van der Waals surface area contributed by atoms with E-state index in [0.717, 1.165) is 0 Å². The summed E-state index contributed by atoms with van der Waals surface area (Å²) < 4.78 is 1.88. The molecule has 0 saturated carbocycles. The predicted molar refractivity (Wildman–Crippen MR) is 41.5 cm³/mol. The maximum absolute atomic E-state index is 8.37. The maximum Gasteiger partial charge on any atom is 0.137 e. The standard InChI is InChI=1S/C4H12ClN2OP/c1-7(2)9(5)6-3-4-8/h6,8H,3-4H2,1-2H3. The Morgan fingerprint density at radius 2 is 2.22 bits per heavy atom. The number of halogens is 1. The van der Waals surface area contributed by atoms with Crippen LogP contribution in [0.15, 0.2) is 0 Å². The molecule has 0 spiro atoms. The highest BCUT2D eigenvalue weighted by atomic mass is 35.7. The summed E-state index contributed by atoms with van der Waals surface area (Å²) in [5.41, 5.74) is 0. The van der Waals surface area contributed by atoms with Crippen molar-refractivity contribution in [2.24, 2.45) is 0 Å². The predicted octanol–water partition coefficient (Wildman–Crippen LogP) is 0.596. The molecule has 0 aromatic rings. The smallest absolute Gasteiger partial charge is 0.137 e. The van der Waals surface area contributed by atoms with Crippen LogP contribution in [-0.4, -0.2) is 37.0 Å². The van der Waals surface area contributed by atoms with Crippen LogP contribution in [0.5, 0.6) is 0 Å². The second-order valence-electron chi connectivity index (χ2n) is 1.74. The maximum atomic E-state index is 8.37. The Kier molecular flexibility index (Phi) is 5.75. The molecule has 1 atom stereocenters. The largest absolute Gasteiger partial charge is 0.395 e.